The third kappa shape index (κ3) is 2.98. The minimum Gasteiger partial charge on any atom is -0.497 e. The molecule has 7 nitrogen and oxygen atoms in total. The summed E-state index contributed by atoms with van der Waals surface area (Å²) in [6, 6.07) is 10.4. The first-order chi connectivity index (χ1) is 13.0. The second kappa shape index (κ2) is 7.46. The average Bonchev–Trinajstić information content (AvgIpc) is 3.01. The number of benzene rings is 2. The summed E-state index contributed by atoms with van der Waals surface area (Å²) in [6.07, 6.45) is -0.816. The maximum atomic E-state index is 13.4. The fourth-order valence-electron chi connectivity index (χ4n) is 3.24. The maximum Gasteiger partial charge on any atom is 0.306 e. The van der Waals surface area contributed by atoms with Gasteiger partial charge in [0.1, 0.15) is 28.6 Å². The summed E-state index contributed by atoms with van der Waals surface area (Å²) in [6.45, 7) is 0. The van der Waals surface area contributed by atoms with E-state index in [0.717, 1.165) is 0 Å². The molecule has 2 unspecified atom stereocenters. The van der Waals surface area contributed by atoms with Crippen molar-refractivity contribution in [2.75, 3.05) is 35.5 Å². The van der Waals surface area contributed by atoms with E-state index in [2.05, 4.69) is 0 Å². The number of Topliss-reactive ketones (excluding diaryl/α,β-unsaturated/α-hetero) is 1. The van der Waals surface area contributed by atoms with Gasteiger partial charge in [0.15, 0.2) is 6.10 Å². The Kier molecular flexibility index (Phi) is 5.25. The Labute approximate surface area is 157 Å². The lowest BCUT2D eigenvalue weighted by Gasteiger charge is -2.32. The first kappa shape index (κ1) is 19.0. The van der Waals surface area contributed by atoms with Crippen LogP contribution in [0.15, 0.2) is 36.4 Å². The van der Waals surface area contributed by atoms with Crippen molar-refractivity contribution in [2.45, 2.75) is 11.9 Å². The van der Waals surface area contributed by atoms with Crippen molar-refractivity contribution in [3.63, 3.8) is 0 Å². The molecule has 2 atom stereocenters. The van der Waals surface area contributed by atoms with Gasteiger partial charge in [-0.3, -0.25) is 4.79 Å². The molecule has 0 fully saturated rings. The Morgan fingerprint density at radius 3 is 2.07 bits per heavy atom. The topological polar surface area (TPSA) is 72.5 Å². The van der Waals surface area contributed by atoms with Crippen molar-refractivity contribution in [3.8, 4) is 23.0 Å². The van der Waals surface area contributed by atoms with Crippen molar-refractivity contribution in [1.82, 2.24) is 0 Å². The molecule has 3 rings (SSSR count). The van der Waals surface area contributed by atoms with E-state index >= 15 is 0 Å². The highest BCUT2D eigenvalue weighted by Crippen LogP contribution is 2.48. The molecule has 144 valence electrons. The van der Waals surface area contributed by atoms with Gasteiger partial charge in [-0.25, -0.2) is 0 Å². The highest BCUT2D eigenvalue weighted by Gasteiger charge is 2.57. The summed E-state index contributed by atoms with van der Waals surface area (Å²) in [5.74, 6) is -0.225. The number of carbonyl (C=O) groups excluding carboxylic acids is 1. The van der Waals surface area contributed by atoms with Gasteiger partial charge in [-0.2, -0.15) is 0 Å². The summed E-state index contributed by atoms with van der Waals surface area (Å²) in [5.41, 5.74) is 0.989. The Hall–Kier alpha value is -2.77. The van der Waals surface area contributed by atoms with Crippen molar-refractivity contribution in [1.29, 1.82) is 0 Å². The molecule has 0 amide bonds. The fourth-order valence-corrected chi connectivity index (χ4v) is 3.24. The van der Waals surface area contributed by atoms with Gasteiger partial charge in [-0.05, 0) is 17.7 Å². The first-order valence-electron chi connectivity index (χ1n) is 8.26. The monoisotopic (exact) mass is 374 g/mol. The van der Waals surface area contributed by atoms with Crippen LogP contribution in [0.5, 0.6) is 23.0 Å². The third-order valence-corrected chi connectivity index (χ3v) is 4.60. The molecular formula is C20H22O7. The maximum absolute atomic E-state index is 13.4. The van der Waals surface area contributed by atoms with E-state index in [1.807, 2.05) is 0 Å². The summed E-state index contributed by atoms with van der Waals surface area (Å²) in [5, 5.41) is 0. The summed E-state index contributed by atoms with van der Waals surface area (Å²) in [4.78, 5) is 13.4. The van der Waals surface area contributed by atoms with Gasteiger partial charge in [0, 0.05) is 26.4 Å². The predicted molar refractivity (Wildman–Crippen MR) is 97.0 cm³/mol. The van der Waals surface area contributed by atoms with Gasteiger partial charge in [0.2, 0.25) is 5.78 Å². The molecule has 0 spiro atoms. The molecule has 2 aromatic rings. The normalized spacial score (nSPS) is 19.2. The second-order valence-corrected chi connectivity index (χ2v) is 5.89. The summed E-state index contributed by atoms with van der Waals surface area (Å²) >= 11 is 0. The standard InChI is InChI=1S/C20H22O7/c1-22-13-8-6-12(7-9-13)19(25-4)20(26-5)18(21)17-15(24-3)10-14(23-2)11-16(17)27-20/h6-11,19H,1-5H3. The van der Waals surface area contributed by atoms with Crippen LogP contribution in [-0.4, -0.2) is 47.1 Å². The van der Waals surface area contributed by atoms with Gasteiger partial charge in [0.05, 0.1) is 21.3 Å². The Morgan fingerprint density at radius 2 is 1.56 bits per heavy atom. The zero-order chi connectivity index (χ0) is 19.6. The molecule has 1 heterocycles. The lowest BCUT2D eigenvalue weighted by atomic mass is 9.94. The molecule has 1 aliphatic rings. The molecule has 2 aromatic carbocycles. The molecule has 0 saturated carbocycles. The summed E-state index contributed by atoms with van der Waals surface area (Å²) in [7, 11) is 7.48. The minimum atomic E-state index is -1.69. The largest absolute Gasteiger partial charge is 0.497 e. The quantitative estimate of drug-likeness (QED) is 0.738. The van der Waals surface area contributed by atoms with Crippen molar-refractivity contribution < 1.29 is 33.2 Å². The molecule has 0 aliphatic carbocycles. The first-order valence-corrected chi connectivity index (χ1v) is 8.26. The molecule has 7 heteroatoms. The number of ketones is 1. The van der Waals surface area contributed by atoms with Crippen LogP contribution in [0.3, 0.4) is 0 Å². The zero-order valence-electron chi connectivity index (χ0n) is 15.9. The van der Waals surface area contributed by atoms with E-state index in [4.69, 9.17) is 28.4 Å². The van der Waals surface area contributed by atoms with Crippen LogP contribution in [-0.2, 0) is 9.47 Å². The van der Waals surface area contributed by atoms with E-state index in [-0.39, 0.29) is 11.3 Å². The van der Waals surface area contributed by atoms with Gasteiger partial charge < -0.3 is 28.4 Å². The van der Waals surface area contributed by atoms with Crippen molar-refractivity contribution in [3.05, 3.63) is 47.5 Å². The molecule has 0 radical (unpaired) electrons. The van der Waals surface area contributed by atoms with E-state index in [9.17, 15) is 4.79 Å². The van der Waals surface area contributed by atoms with Crippen molar-refractivity contribution >= 4 is 5.78 Å². The lowest BCUT2D eigenvalue weighted by Crippen LogP contribution is -2.48. The third-order valence-electron chi connectivity index (χ3n) is 4.60. The Morgan fingerprint density at radius 1 is 0.889 bits per heavy atom. The molecule has 0 aromatic heterocycles. The van der Waals surface area contributed by atoms with Gasteiger partial charge >= 0.3 is 5.79 Å². The number of carbonyl (C=O) groups is 1. The minimum absolute atomic E-state index is 0.288. The number of methoxy groups -OCH3 is 5. The molecule has 0 saturated heterocycles. The van der Waals surface area contributed by atoms with Crippen LogP contribution in [0.1, 0.15) is 22.0 Å². The Balaban J connectivity index is 2.09. The van der Waals surface area contributed by atoms with Gasteiger partial charge in [0.25, 0.3) is 0 Å². The molecular weight excluding hydrogens is 352 g/mol. The highest BCUT2D eigenvalue weighted by molar-refractivity contribution is 6.09. The van der Waals surface area contributed by atoms with Crippen LogP contribution in [0.4, 0.5) is 0 Å². The number of rotatable bonds is 7. The zero-order valence-corrected chi connectivity index (χ0v) is 15.9. The SMILES string of the molecule is COc1ccc(C(OC)C2(OC)Oc3cc(OC)cc(OC)c3C2=O)cc1. The van der Waals surface area contributed by atoms with Crippen molar-refractivity contribution in [2.24, 2.45) is 0 Å². The lowest BCUT2D eigenvalue weighted by molar-refractivity contribution is -0.192. The fraction of sp³-hybridized carbons (Fsp3) is 0.350. The number of ether oxygens (including phenoxy) is 6. The number of hydrogen-bond donors (Lipinski definition) is 0. The van der Waals surface area contributed by atoms with Crippen LogP contribution in [0.2, 0.25) is 0 Å². The highest BCUT2D eigenvalue weighted by atomic mass is 16.7. The van der Waals surface area contributed by atoms with E-state index in [1.54, 1.807) is 43.5 Å². The number of hydrogen-bond acceptors (Lipinski definition) is 7. The van der Waals surface area contributed by atoms with E-state index in [1.165, 1.54) is 28.4 Å². The van der Waals surface area contributed by atoms with E-state index in [0.29, 0.717) is 28.6 Å². The second-order valence-electron chi connectivity index (χ2n) is 5.89. The van der Waals surface area contributed by atoms with Gasteiger partial charge in [-0.1, -0.05) is 12.1 Å². The molecule has 1 aliphatic heterocycles. The Bertz CT molecular complexity index is 831. The van der Waals surface area contributed by atoms with Crippen LogP contribution in [0.25, 0.3) is 0 Å². The smallest absolute Gasteiger partial charge is 0.306 e. The van der Waals surface area contributed by atoms with Gasteiger partial charge in [-0.15, -0.1) is 0 Å². The van der Waals surface area contributed by atoms with Crippen LogP contribution < -0.4 is 18.9 Å². The molecule has 27 heavy (non-hydrogen) atoms. The predicted octanol–water partition coefficient (Wildman–Crippen LogP) is 3.02. The van der Waals surface area contributed by atoms with Crippen LogP contribution in [0, 0.1) is 0 Å². The average molecular weight is 374 g/mol. The van der Waals surface area contributed by atoms with E-state index < -0.39 is 11.9 Å². The van der Waals surface area contributed by atoms with Crippen LogP contribution >= 0.6 is 0 Å². The molecule has 0 bridgehead atoms. The molecule has 0 N–H and O–H groups in total. The summed E-state index contributed by atoms with van der Waals surface area (Å²) < 4.78 is 33.1. The number of fused-ring (bicyclic) bond motifs is 1.